The van der Waals surface area contributed by atoms with Crippen LogP contribution in [-0.2, 0) is 11.8 Å². The van der Waals surface area contributed by atoms with Crippen molar-refractivity contribution >= 4 is 39.7 Å². The molecule has 0 bridgehead atoms. The largest absolute Gasteiger partial charge is 0.352 e. The number of hydrogen-bond acceptors (Lipinski definition) is 5. The van der Waals surface area contributed by atoms with Gasteiger partial charge >= 0.3 is 0 Å². The number of hydrogen-bond donors (Lipinski definition) is 1. The summed E-state index contributed by atoms with van der Waals surface area (Å²) in [4.78, 5) is 16.9. The first kappa shape index (κ1) is 17.3. The van der Waals surface area contributed by atoms with E-state index in [0.717, 1.165) is 28.5 Å². The number of nitrogens with zero attached hydrogens (tertiary/aromatic N) is 4. The summed E-state index contributed by atoms with van der Waals surface area (Å²) in [5, 5.41) is 13.3. The van der Waals surface area contributed by atoms with Gasteiger partial charge in [-0.25, -0.2) is 4.98 Å². The Labute approximate surface area is 156 Å². The monoisotopic (exact) mass is 369 g/mol. The van der Waals surface area contributed by atoms with Crippen molar-refractivity contribution in [1.29, 1.82) is 0 Å². The number of aryl methyl sites for hydroxylation is 1. The maximum atomic E-state index is 12.3. The molecule has 0 radical (unpaired) electrons. The van der Waals surface area contributed by atoms with Gasteiger partial charge in [0.2, 0.25) is 11.1 Å². The van der Waals surface area contributed by atoms with Crippen molar-refractivity contribution in [2.45, 2.75) is 43.8 Å². The molecule has 136 valence electrons. The summed E-state index contributed by atoms with van der Waals surface area (Å²) in [5.74, 6) is 0.928. The van der Waals surface area contributed by atoms with Crippen molar-refractivity contribution in [2.75, 3.05) is 5.75 Å². The first-order valence-electron chi connectivity index (χ1n) is 9.13. The van der Waals surface area contributed by atoms with Gasteiger partial charge in [0.1, 0.15) is 5.52 Å². The highest BCUT2D eigenvalue weighted by Gasteiger charge is 2.23. The normalized spacial score (nSPS) is 20.5. The summed E-state index contributed by atoms with van der Waals surface area (Å²) in [6.07, 6.45) is 4.75. The fourth-order valence-electron chi connectivity index (χ4n) is 3.76. The number of benzene rings is 1. The molecule has 1 amide bonds. The molecule has 2 heterocycles. The van der Waals surface area contributed by atoms with E-state index in [1.165, 1.54) is 31.0 Å². The van der Waals surface area contributed by atoms with Crippen LogP contribution in [0.3, 0.4) is 0 Å². The number of fused-ring (bicyclic) bond motifs is 3. The molecule has 7 heteroatoms. The van der Waals surface area contributed by atoms with Crippen LogP contribution in [0.4, 0.5) is 0 Å². The molecule has 0 unspecified atom stereocenters. The van der Waals surface area contributed by atoms with E-state index >= 15 is 0 Å². The molecule has 3 aromatic rings. The van der Waals surface area contributed by atoms with Crippen LogP contribution in [-0.4, -0.2) is 37.5 Å². The second-order valence-electron chi connectivity index (χ2n) is 7.07. The summed E-state index contributed by atoms with van der Waals surface area (Å²) >= 11 is 1.34. The number of carbonyl (C=O) groups is 1. The topological polar surface area (TPSA) is 72.7 Å². The number of aromatic nitrogens is 4. The lowest BCUT2D eigenvalue weighted by molar-refractivity contribution is -0.119. The van der Waals surface area contributed by atoms with Crippen LogP contribution < -0.4 is 5.32 Å². The third-order valence-electron chi connectivity index (χ3n) is 5.28. The average molecular weight is 369 g/mol. The van der Waals surface area contributed by atoms with Crippen LogP contribution >= 0.6 is 11.8 Å². The van der Waals surface area contributed by atoms with Crippen molar-refractivity contribution in [3.05, 3.63) is 24.3 Å². The van der Waals surface area contributed by atoms with Crippen LogP contribution in [0.15, 0.2) is 29.4 Å². The summed E-state index contributed by atoms with van der Waals surface area (Å²) in [5.41, 5.74) is 2.67. The minimum Gasteiger partial charge on any atom is -0.352 e. The van der Waals surface area contributed by atoms with Crippen LogP contribution in [0, 0.1) is 5.92 Å². The van der Waals surface area contributed by atoms with Crippen LogP contribution in [0.5, 0.6) is 0 Å². The molecule has 1 N–H and O–H groups in total. The first-order chi connectivity index (χ1) is 12.6. The molecule has 0 saturated heterocycles. The van der Waals surface area contributed by atoms with Gasteiger partial charge in [0.15, 0.2) is 5.65 Å². The summed E-state index contributed by atoms with van der Waals surface area (Å²) in [6.45, 7) is 2.22. The van der Waals surface area contributed by atoms with Gasteiger partial charge in [-0.15, -0.1) is 10.2 Å². The summed E-state index contributed by atoms with van der Waals surface area (Å²) < 4.78 is 2.02. The van der Waals surface area contributed by atoms with Crippen molar-refractivity contribution < 1.29 is 4.79 Å². The van der Waals surface area contributed by atoms with E-state index in [0.29, 0.717) is 22.9 Å². The Bertz CT molecular complexity index is 954. The molecule has 4 rings (SSSR count). The predicted molar refractivity (Wildman–Crippen MR) is 104 cm³/mol. The molecule has 1 fully saturated rings. The van der Waals surface area contributed by atoms with Crippen LogP contribution in [0.1, 0.15) is 32.6 Å². The van der Waals surface area contributed by atoms with Gasteiger partial charge in [0.05, 0.1) is 11.3 Å². The number of carbonyl (C=O) groups excluding carboxylic acids is 1. The highest BCUT2D eigenvalue weighted by molar-refractivity contribution is 7.99. The van der Waals surface area contributed by atoms with Gasteiger partial charge in [-0.1, -0.05) is 49.7 Å². The van der Waals surface area contributed by atoms with Gasteiger partial charge in [0.25, 0.3) is 0 Å². The fourth-order valence-corrected chi connectivity index (χ4v) is 4.36. The summed E-state index contributed by atoms with van der Waals surface area (Å²) in [6, 6.07) is 8.37. The molecule has 2 atom stereocenters. The highest BCUT2D eigenvalue weighted by Crippen LogP contribution is 2.26. The molecule has 0 spiro atoms. The standard InChI is InChI=1S/C19H23N5OS/c1-12-7-3-5-9-14(12)20-16(25)11-26-19-21-18-17(22-23-19)13-8-4-6-10-15(13)24(18)2/h4,6,8,10,12,14H,3,5,7,9,11H2,1-2H3,(H,20,25)/t12-,14+/m0/s1. The zero-order valence-corrected chi connectivity index (χ0v) is 15.9. The van der Waals surface area contributed by atoms with E-state index in [4.69, 9.17) is 0 Å². The zero-order chi connectivity index (χ0) is 18.1. The maximum Gasteiger partial charge on any atom is 0.230 e. The minimum atomic E-state index is 0.0505. The summed E-state index contributed by atoms with van der Waals surface area (Å²) in [7, 11) is 1.98. The Morgan fingerprint density at radius 1 is 1.27 bits per heavy atom. The van der Waals surface area contributed by atoms with Gasteiger partial charge in [-0.05, 0) is 24.8 Å². The molecule has 6 nitrogen and oxygen atoms in total. The molecule has 1 saturated carbocycles. The lowest BCUT2D eigenvalue weighted by atomic mass is 9.86. The molecule has 26 heavy (non-hydrogen) atoms. The molecular weight excluding hydrogens is 346 g/mol. The number of amides is 1. The van der Waals surface area contributed by atoms with E-state index in [1.54, 1.807) is 0 Å². The zero-order valence-electron chi connectivity index (χ0n) is 15.1. The first-order valence-corrected chi connectivity index (χ1v) is 10.1. The third-order valence-corrected chi connectivity index (χ3v) is 6.12. The van der Waals surface area contributed by atoms with E-state index in [1.807, 2.05) is 35.9 Å². The Hall–Kier alpha value is -2.15. The maximum absolute atomic E-state index is 12.3. The lowest BCUT2D eigenvalue weighted by Crippen LogP contribution is -2.41. The van der Waals surface area contributed by atoms with Gasteiger partial charge in [0, 0.05) is 18.5 Å². The molecule has 1 aromatic carbocycles. The van der Waals surface area contributed by atoms with Crippen molar-refractivity contribution in [2.24, 2.45) is 13.0 Å². The van der Waals surface area contributed by atoms with Gasteiger partial charge in [-0.3, -0.25) is 4.79 Å². The molecule has 1 aliphatic rings. The Balaban J connectivity index is 1.46. The third kappa shape index (κ3) is 3.28. The Kier molecular flexibility index (Phi) is 4.80. The van der Waals surface area contributed by atoms with Gasteiger partial charge < -0.3 is 9.88 Å². The number of para-hydroxylation sites is 1. The molecule has 2 aromatic heterocycles. The minimum absolute atomic E-state index is 0.0505. The van der Waals surface area contributed by atoms with E-state index in [-0.39, 0.29) is 5.91 Å². The SMILES string of the molecule is C[C@H]1CCCC[C@H]1NC(=O)CSc1nnc2c3ccccc3n(C)c2n1. The highest BCUT2D eigenvalue weighted by atomic mass is 32.2. The fraction of sp³-hybridized carbons (Fsp3) is 0.474. The van der Waals surface area contributed by atoms with E-state index < -0.39 is 0 Å². The number of rotatable bonds is 4. The number of thioether (sulfide) groups is 1. The van der Waals surface area contributed by atoms with Crippen molar-refractivity contribution in [3.63, 3.8) is 0 Å². The predicted octanol–water partition coefficient (Wildman–Crippen LogP) is 3.30. The Morgan fingerprint density at radius 2 is 2.08 bits per heavy atom. The average Bonchev–Trinajstić information content (AvgIpc) is 2.94. The van der Waals surface area contributed by atoms with Crippen molar-refractivity contribution in [3.8, 4) is 0 Å². The van der Waals surface area contributed by atoms with Crippen LogP contribution in [0.25, 0.3) is 22.1 Å². The lowest BCUT2D eigenvalue weighted by Gasteiger charge is -2.29. The van der Waals surface area contributed by atoms with E-state index in [9.17, 15) is 4.79 Å². The van der Waals surface area contributed by atoms with Crippen LogP contribution in [0.2, 0.25) is 0 Å². The molecule has 1 aliphatic carbocycles. The van der Waals surface area contributed by atoms with E-state index in [2.05, 4.69) is 27.4 Å². The smallest absolute Gasteiger partial charge is 0.230 e. The molecule has 0 aliphatic heterocycles. The second kappa shape index (κ2) is 7.23. The van der Waals surface area contributed by atoms with Crippen molar-refractivity contribution in [1.82, 2.24) is 25.1 Å². The Morgan fingerprint density at radius 3 is 2.92 bits per heavy atom. The second-order valence-corrected chi connectivity index (χ2v) is 8.01. The molecular formula is C19H23N5OS. The van der Waals surface area contributed by atoms with Gasteiger partial charge in [-0.2, -0.15) is 0 Å². The number of nitrogens with one attached hydrogen (secondary N) is 1. The quantitative estimate of drug-likeness (QED) is 0.714.